The highest BCUT2D eigenvalue weighted by atomic mass is 32.2. The Morgan fingerprint density at radius 3 is 2.19 bits per heavy atom. The van der Waals surface area contributed by atoms with Crippen LogP contribution in [0.4, 0.5) is 0 Å². The van der Waals surface area contributed by atoms with Crippen molar-refractivity contribution in [1.29, 1.82) is 0 Å². The van der Waals surface area contributed by atoms with Crippen LogP contribution < -0.4 is 10.1 Å². The van der Waals surface area contributed by atoms with E-state index in [1.54, 1.807) is 46.7 Å². The number of aryl methyl sites for hydroxylation is 1. The molecule has 3 aromatic rings. The van der Waals surface area contributed by atoms with Crippen LogP contribution in [0, 0.1) is 6.92 Å². The number of thiophene rings is 1. The van der Waals surface area contributed by atoms with Gasteiger partial charge in [0.15, 0.2) is 6.61 Å². The second kappa shape index (κ2) is 11.6. The molecule has 1 fully saturated rings. The summed E-state index contributed by atoms with van der Waals surface area (Å²) >= 11 is 1.15. The van der Waals surface area contributed by atoms with Crippen LogP contribution >= 0.6 is 11.3 Å². The number of piperazine rings is 1. The van der Waals surface area contributed by atoms with Crippen molar-refractivity contribution < 1.29 is 27.5 Å². The molecule has 0 bridgehead atoms. The van der Waals surface area contributed by atoms with Gasteiger partial charge in [-0.15, -0.1) is 11.3 Å². The van der Waals surface area contributed by atoms with Crippen molar-refractivity contribution in [2.75, 3.05) is 32.8 Å². The third kappa shape index (κ3) is 6.36. The van der Waals surface area contributed by atoms with Gasteiger partial charge in [0.05, 0.1) is 9.77 Å². The van der Waals surface area contributed by atoms with Gasteiger partial charge in [0.1, 0.15) is 5.75 Å². The summed E-state index contributed by atoms with van der Waals surface area (Å²) in [5.41, 5.74) is 0.862. The summed E-state index contributed by atoms with van der Waals surface area (Å²) in [6.45, 7) is 2.38. The third-order valence-electron chi connectivity index (χ3n) is 5.94. The number of carbonyl (C=O) groups excluding carboxylic acids is 3. The number of hydrogen-bond donors (Lipinski definition) is 1. The smallest absolute Gasteiger partial charge is 0.262 e. The van der Waals surface area contributed by atoms with E-state index in [0.717, 1.165) is 16.9 Å². The van der Waals surface area contributed by atoms with Crippen LogP contribution in [0.25, 0.3) is 0 Å². The molecule has 1 saturated heterocycles. The SMILES string of the molecule is Cc1ccc(S(=O)(=O)[C@H](NC(=O)c2cccs2)C(=O)N2CCN(C(=O)COc3ccccc3)CC2)cc1. The van der Waals surface area contributed by atoms with E-state index < -0.39 is 27.0 Å². The molecule has 4 rings (SSSR count). The van der Waals surface area contributed by atoms with Crippen molar-refractivity contribution >= 4 is 38.9 Å². The van der Waals surface area contributed by atoms with Gasteiger partial charge in [-0.2, -0.15) is 0 Å². The van der Waals surface area contributed by atoms with E-state index in [1.165, 1.54) is 17.0 Å². The van der Waals surface area contributed by atoms with Crippen LogP contribution in [0.15, 0.2) is 77.0 Å². The van der Waals surface area contributed by atoms with Crippen molar-refractivity contribution in [3.63, 3.8) is 0 Å². The van der Waals surface area contributed by atoms with E-state index in [0.29, 0.717) is 10.6 Å². The highest BCUT2D eigenvalue weighted by Gasteiger charge is 2.39. The van der Waals surface area contributed by atoms with E-state index in [-0.39, 0.29) is 43.6 Å². The molecule has 0 unspecified atom stereocenters. The molecule has 1 N–H and O–H groups in total. The Morgan fingerprint density at radius 1 is 0.919 bits per heavy atom. The van der Waals surface area contributed by atoms with E-state index >= 15 is 0 Å². The molecule has 2 heterocycles. The van der Waals surface area contributed by atoms with Crippen LogP contribution in [0.3, 0.4) is 0 Å². The van der Waals surface area contributed by atoms with Crippen LogP contribution in [0.5, 0.6) is 5.75 Å². The van der Waals surface area contributed by atoms with Gasteiger partial charge in [0.25, 0.3) is 17.7 Å². The predicted molar refractivity (Wildman–Crippen MR) is 139 cm³/mol. The Kier molecular flexibility index (Phi) is 8.24. The van der Waals surface area contributed by atoms with Crippen LogP contribution in [0.1, 0.15) is 15.2 Å². The normalized spacial score (nSPS) is 14.6. The lowest BCUT2D eigenvalue weighted by molar-refractivity contribution is -0.140. The maximum atomic E-state index is 13.5. The number of nitrogens with one attached hydrogen (secondary N) is 1. The lowest BCUT2D eigenvalue weighted by Crippen LogP contribution is -2.58. The molecule has 0 aliphatic carbocycles. The fourth-order valence-corrected chi connectivity index (χ4v) is 5.92. The monoisotopic (exact) mass is 541 g/mol. The van der Waals surface area contributed by atoms with Gasteiger partial charge < -0.3 is 19.9 Å². The van der Waals surface area contributed by atoms with Gasteiger partial charge in [-0.05, 0) is 42.6 Å². The molecule has 194 valence electrons. The first-order valence-corrected chi connectivity index (χ1v) is 14.1. The Labute approximate surface area is 219 Å². The Balaban J connectivity index is 1.45. The standard InChI is InChI=1S/C26H27N3O6S2/c1-19-9-11-21(12-10-19)37(33,34)25(27-24(31)22-8-5-17-36-22)26(32)29-15-13-28(14-16-29)23(30)18-35-20-6-3-2-4-7-20/h2-12,17,25H,13-16,18H2,1H3,(H,27,31)/t25-/m0/s1. The minimum atomic E-state index is -4.24. The van der Waals surface area contributed by atoms with Gasteiger partial charge in [0.2, 0.25) is 15.2 Å². The largest absolute Gasteiger partial charge is 0.484 e. The summed E-state index contributed by atoms with van der Waals surface area (Å²) in [6, 6.07) is 18.3. The number of nitrogens with zero attached hydrogens (tertiary/aromatic N) is 2. The van der Waals surface area contributed by atoms with E-state index in [9.17, 15) is 22.8 Å². The first-order chi connectivity index (χ1) is 17.8. The first-order valence-electron chi connectivity index (χ1n) is 11.6. The van der Waals surface area contributed by atoms with Crippen molar-refractivity contribution in [1.82, 2.24) is 15.1 Å². The summed E-state index contributed by atoms with van der Waals surface area (Å²) in [5, 5.41) is 2.33. The van der Waals surface area contributed by atoms with Crippen molar-refractivity contribution in [2.45, 2.75) is 17.2 Å². The minimum Gasteiger partial charge on any atom is -0.484 e. The van der Waals surface area contributed by atoms with E-state index in [4.69, 9.17) is 4.74 Å². The van der Waals surface area contributed by atoms with Crippen molar-refractivity contribution in [2.24, 2.45) is 0 Å². The van der Waals surface area contributed by atoms with E-state index in [1.807, 2.05) is 25.1 Å². The molecule has 1 aliphatic heterocycles. The molecule has 1 atom stereocenters. The van der Waals surface area contributed by atoms with E-state index in [2.05, 4.69) is 5.32 Å². The molecule has 9 nitrogen and oxygen atoms in total. The number of para-hydroxylation sites is 1. The highest BCUT2D eigenvalue weighted by Crippen LogP contribution is 2.20. The summed E-state index contributed by atoms with van der Waals surface area (Å²) in [6.07, 6.45) is 0. The molecule has 2 aromatic carbocycles. The van der Waals surface area contributed by atoms with Gasteiger partial charge in [-0.1, -0.05) is 42.0 Å². The molecule has 0 spiro atoms. The number of carbonyl (C=O) groups is 3. The zero-order valence-corrected chi connectivity index (χ0v) is 21.8. The van der Waals surface area contributed by atoms with Gasteiger partial charge in [-0.3, -0.25) is 14.4 Å². The Bertz CT molecular complexity index is 1330. The van der Waals surface area contributed by atoms with Crippen LogP contribution in [0.2, 0.25) is 0 Å². The van der Waals surface area contributed by atoms with Crippen LogP contribution in [-0.4, -0.2) is 74.1 Å². The summed E-state index contributed by atoms with van der Waals surface area (Å²) < 4.78 is 32.5. The van der Waals surface area contributed by atoms with Gasteiger partial charge in [0, 0.05) is 26.2 Å². The highest BCUT2D eigenvalue weighted by molar-refractivity contribution is 7.92. The molecular formula is C26H27N3O6S2. The summed E-state index contributed by atoms with van der Waals surface area (Å²) in [4.78, 5) is 42.0. The number of rotatable bonds is 8. The molecule has 1 aromatic heterocycles. The third-order valence-corrected chi connectivity index (χ3v) is 8.68. The quantitative estimate of drug-likeness (QED) is 0.469. The second-order valence-corrected chi connectivity index (χ2v) is 11.5. The fourth-order valence-electron chi connectivity index (χ4n) is 3.83. The maximum Gasteiger partial charge on any atom is 0.262 e. The number of benzene rings is 2. The molecule has 37 heavy (non-hydrogen) atoms. The molecule has 0 radical (unpaired) electrons. The number of amides is 3. The molecule has 0 saturated carbocycles. The first kappa shape index (κ1) is 26.4. The van der Waals surface area contributed by atoms with Crippen molar-refractivity contribution in [3.05, 3.63) is 82.6 Å². The summed E-state index contributed by atoms with van der Waals surface area (Å²) in [5.74, 6) is -1.03. The van der Waals surface area contributed by atoms with Crippen LogP contribution in [-0.2, 0) is 19.4 Å². The molecule has 11 heteroatoms. The topological polar surface area (TPSA) is 113 Å². The zero-order chi connectivity index (χ0) is 26.4. The minimum absolute atomic E-state index is 0.0604. The van der Waals surface area contributed by atoms with Gasteiger partial charge in [-0.25, -0.2) is 8.42 Å². The predicted octanol–water partition coefficient (Wildman–Crippen LogP) is 2.34. The summed E-state index contributed by atoms with van der Waals surface area (Å²) in [7, 11) is -4.24. The van der Waals surface area contributed by atoms with Crippen molar-refractivity contribution in [3.8, 4) is 5.75 Å². The molecular weight excluding hydrogens is 514 g/mol. The molecule has 3 amide bonds. The number of sulfone groups is 1. The maximum absolute atomic E-state index is 13.5. The Hall–Kier alpha value is -3.70. The Morgan fingerprint density at radius 2 is 1.57 bits per heavy atom. The zero-order valence-electron chi connectivity index (χ0n) is 20.2. The number of ether oxygens (including phenoxy) is 1. The fraction of sp³-hybridized carbons (Fsp3) is 0.269. The lowest BCUT2D eigenvalue weighted by Gasteiger charge is -2.36. The molecule has 1 aliphatic rings. The van der Waals surface area contributed by atoms with Gasteiger partial charge >= 0.3 is 0 Å². The average molecular weight is 542 g/mol. The average Bonchev–Trinajstić information content (AvgIpc) is 3.46. The second-order valence-electron chi connectivity index (χ2n) is 8.50. The lowest BCUT2D eigenvalue weighted by atomic mass is 10.2. The number of hydrogen-bond acceptors (Lipinski definition) is 7.